The highest BCUT2D eigenvalue weighted by Gasteiger charge is 2.27. The minimum absolute atomic E-state index is 0.668. The van der Waals surface area contributed by atoms with Crippen molar-refractivity contribution in [2.45, 2.75) is 77.0 Å². The van der Waals surface area contributed by atoms with Gasteiger partial charge in [0.1, 0.15) is 0 Å². The lowest BCUT2D eigenvalue weighted by atomic mass is 9.89. The van der Waals surface area contributed by atoms with E-state index in [1.807, 2.05) is 11.3 Å². The van der Waals surface area contributed by atoms with Gasteiger partial charge in [-0.15, -0.1) is 11.3 Å². The molecular weight excluding hydrogens is 276 g/mol. The second-order valence-corrected chi connectivity index (χ2v) is 8.45. The molecule has 2 aliphatic rings. The van der Waals surface area contributed by atoms with Gasteiger partial charge in [-0.2, -0.15) is 0 Å². The van der Waals surface area contributed by atoms with Crippen LogP contribution in [0, 0.1) is 5.92 Å². The maximum absolute atomic E-state index is 5.13. The SMILES string of the molecule is CC(C)CNCC1CCCc2sc(C3CCCCC3)nc21. The van der Waals surface area contributed by atoms with Crippen molar-refractivity contribution < 1.29 is 0 Å². The normalized spacial score (nSPS) is 23.5. The van der Waals surface area contributed by atoms with Gasteiger partial charge in [-0.1, -0.05) is 33.1 Å². The maximum atomic E-state index is 5.13. The molecule has 1 N–H and O–H groups in total. The molecule has 21 heavy (non-hydrogen) atoms. The molecule has 0 saturated heterocycles. The number of rotatable bonds is 5. The Labute approximate surface area is 133 Å². The first-order valence-electron chi connectivity index (χ1n) is 8.94. The lowest BCUT2D eigenvalue weighted by molar-refractivity contribution is 0.438. The van der Waals surface area contributed by atoms with E-state index in [1.54, 1.807) is 4.88 Å². The van der Waals surface area contributed by atoms with E-state index in [0.29, 0.717) is 5.92 Å². The van der Waals surface area contributed by atoms with Crippen LogP contribution in [-0.2, 0) is 6.42 Å². The number of hydrogen-bond donors (Lipinski definition) is 1. The molecule has 0 spiro atoms. The second-order valence-electron chi connectivity index (χ2n) is 7.34. The Balaban J connectivity index is 1.67. The van der Waals surface area contributed by atoms with Crippen LogP contribution in [0.25, 0.3) is 0 Å². The van der Waals surface area contributed by atoms with Crippen LogP contribution in [0.2, 0.25) is 0 Å². The van der Waals surface area contributed by atoms with Crippen LogP contribution in [0.3, 0.4) is 0 Å². The van der Waals surface area contributed by atoms with E-state index >= 15 is 0 Å². The van der Waals surface area contributed by atoms with Crippen molar-refractivity contribution in [2.75, 3.05) is 13.1 Å². The average molecular weight is 307 g/mol. The molecule has 1 aromatic heterocycles. The highest BCUT2D eigenvalue weighted by Crippen LogP contribution is 2.40. The lowest BCUT2D eigenvalue weighted by Crippen LogP contribution is -2.27. The first kappa shape index (κ1) is 15.5. The van der Waals surface area contributed by atoms with Crippen LogP contribution in [0.1, 0.15) is 86.2 Å². The summed E-state index contributed by atoms with van der Waals surface area (Å²) < 4.78 is 0. The van der Waals surface area contributed by atoms with Gasteiger partial charge < -0.3 is 5.32 Å². The van der Waals surface area contributed by atoms with E-state index in [9.17, 15) is 0 Å². The van der Waals surface area contributed by atoms with E-state index in [1.165, 1.54) is 62.1 Å². The second kappa shape index (κ2) is 7.23. The van der Waals surface area contributed by atoms with E-state index < -0.39 is 0 Å². The largest absolute Gasteiger partial charge is 0.316 e. The molecular formula is C18H30N2S. The third kappa shape index (κ3) is 3.87. The van der Waals surface area contributed by atoms with Crippen molar-refractivity contribution in [1.29, 1.82) is 0 Å². The molecule has 2 aliphatic carbocycles. The number of aromatic nitrogens is 1. The number of aryl methyl sites for hydroxylation is 1. The molecule has 1 atom stereocenters. The van der Waals surface area contributed by atoms with Crippen LogP contribution in [0.4, 0.5) is 0 Å². The molecule has 3 heteroatoms. The van der Waals surface area contributed by atoms with Gasteiger partial charge in [0.05, 0.1) is 10.7 Å². The number of nitrogens with one attached hydrogen (secondary N) is 1. The fourth-order valence-corrected chi connectivity index (χ4v) is 5.16. The lowest BCUT2D eigenvalue weighted by Gasteiger charge is -2.22. The third-order valence-electron chi connectivity index (χ3n) is 4.98. The Morgan fingerprint density at radius 1 is 1.14 bits per heavy atom. The molecule has 0 amide bonds. The molecule has 1 fully saturated rings. The summed E-state index contributed by atoms with van der Waals surface area (Å²) in [5.74, 6) is 2.18. The van der Waals surface area contributed by atoms with Crippen LogP contribution in [0.15, 0.2) is 0 Å². The molecule has 118 valence electrons. The molecule has 0 aliphatic heterocycles. The fraction of sp³-hybridized carbons (Fsp3) is 0.833. The zero-order chi connectivity index (χ0) is 14.7. The Bertz CT molecular complexity index is 446. The van der Waals surface area contributed by atoms with Crippen molar-refractivity contribution in [3.8, 4) is 0 Å². The molecule has 0 aromatic carbocycles. The van der Waals surface area contributed by atoms with E-state index in [4.69, 9.17) is 4.98 Å². The fourth-order valence-electron chi connectivity index (χ4n) is 3.80. The van der Waals surface area contributed by atoms with Gasteiger partial charge in [0.25, 0.3) is 0 Å². The smallest absolute Gasteiger partial charge is 0.0962 e. The summed E-state index contributed by atoms with van der Waals surface area (Å²) in [5.41, 5.74) is 1.46. The first-order chi connectivity index (χ1) is 10.2. The predicted molar refractivity (Wildman–Crippen MR) is 91.3 cm³/mol. The van der Waals surface area contributed by atoms with Crippen molar-refractivity contribution >= 4 is 11.3 Å². The van der Waals surface area contributed by atoms with Crippen LogP contribution < -0.4 is 5.32 Å². The average Bonchev–Trinajstić information content (AvgIpc) is 2.93. The third-order valence-corrected chi connectivity index (χ3v) is 6.28. The van der Waals surface area contributed by atoms with Gasteiger partial charge in [0.15, 0.2) is 0 Å². The molecule has 0 bridgehead atoms. The number of nitrogens with zero attached hydrogens (tertiary/aromatic N) is 1. The summed E-state index contributed by atoms with van der Waals surface area (Å²) in [6.07, 6.45) is 11.0. The Morgan fingerprint density at radius 3 is 2.71 bits per heavy atom. The quantitative estimate of drug-likeness (QED) is 0.840. The zero-order valence-electron chi connectivity index (χ0n) is 13.7. The van der Waals surface area contributed by atoms with E-state index in [-0.39, 0.29) is 0 Å². The van der Waals surface area contributed by atoms with Crippen molar-refractivity contribution in [2.24, 2.45) is 5.92 Å². The molecule has 1 saturated carbocycles. The Hall–Kier alpha value is -0.410. The molecule has 3 rings (SSSR count). The molecule has 0 radical (unpaired) electrons. The standard InChI is InChI=1S/C18H30N2S/c1-13(2)11-19-12-15-9-6-10-16-17(15)20-18(21-16)14-7-4-3-5-8-14/h13-15,19H,3-12H2,1-2H3. The van der Waals surface area contributed by atoms with Gasteiger partial charge in [-0.25, -0.2) is 4.98 Å². The number of thiazole rings is 1. The summed E-state index contributed by atoms with van der Waals surface area (Å²) in [7, 11) is 0. The minimum Gasteiger partial charge on any atom is -0.316 e. The molecule has 1 unspecified atom stereocenters. The predicted octanol–water partition coefficient (Wildman–Crippen LogP) is 4.86. The first-order valence-corrected chi connectivity index (χ1v) is 9.76. The van der Waals surface area contributed by atoms with Crippen molar-refractivity contribution in [3.63, 3.8) is 0 Å². The van der Waals surface area contributed by atoms with Gasteiger partial charge >= 0.3 is 0 Å². The van der Waals surface area contributed by atoms with Gasteiger partial charge in [-0.3, -0.25) is 0 Å². The monoisotopic (exact) mass is 306 g/mol. The van der Waals surface area contributed by atoms with Crippen LogP contribution >= 0.6 is 11.3 Å². The Morgan fingerprint density at radius 2 is 1.95 bits per heavy atom. The van der Waals surface area contributed by atoms with Gasteiger partial charge in [-0.05, 0) is 44.6 Å². The summed E-state index contributed by atoms with van der Waals surface area (Å²) in [6, 6.07) is 0. The van der Waals surface area contributed by atoms with Crippen molar-refractivity contribution in [1.82, 2.24) is 10.3 Å². The highest BCUT2D eigenvalue weighted by molar-refractivity contribution is 7.11. The highest BCUT2D eigenvalue weighted by atomic mass is 32.1. The molecule has 1 heterocycles. The maximum Gasteiger partial charge on any atom is 0.0962 e. The van der Waals surface area contributed by atoms with Crippen LogP contribution in [0.5, 0.6) is 0 Å². The molecule has 2 nitrogen and oxygen atoms in total. The number of fused-ring (bicyclic) bond motifs is 1. The Kier molecular flexibility index (Phi) is 5.33. The summed E-state index contributed by atoms with van der Waals surface area (Å²) in [4.78, 5) is 6.74. The summed E-state index contributed by atoms with van der Waals surface area (Å²) in [5, 5.41) is 5.12. The van der Waals surface area contributed by atoms with Gasteiger partial charge in [0.2, 0.25) is 0 Å². The van der Waals surface area contributed by atoms with Crippen LogP contribution in [-0.4, -0.2) is 18.1 Å². The minimum atomic E-state index is 0.668. The summed E-state index contributed by atoms with van der Waals surface area (Å²) in [6.45, 7) is 6.82. The summed E-state index contributed by atoms with van der Waals surface area (Å²) >= 11 is 2.05. The zero-order valence-corrected chi connectivity index (χ0v) is 14.5. The van der Waals surface area contributed by atoms with Gasteiger partial charge in [0, 0.05) is 23.3 Å². The molecule has 1 aromatic rings. The number of hydrogen-bond acceptors (Lipinski definition) is 3. The topological polar surface area (TPSA) is 24.9 Å². The van der Waals surface area contributed by atoms with E-state index in [2.05, 4.69) is 19.2 Å². The van der Waals surface area contributed by atoms with E-state index in [0.717, 1.165) is 24.9 Å². The van der Waals surface area contributed by atoms with Crippen molar-refractivity contribution in [3.05, 3.63) is 15.6 Å².